The minimum absolute atomic E-state index is 0.00277. The molecular formula is C14H9NO4S. The Labute approximate surface area is 118 Å². The third-order valence-electron chi connectivity index (χ3n) is 3.15. The van der Waals surface area contributed by atoms with E-state index in [1.807, 2.05) is 0 Å². The molecular weight excluding hydrogens is 278 g/mol. The number of carboxylic acid groups (broad SMARTS) is 1. The van der Waals surface area contributed by atoms with Crippen molar-refractivity contribution in [1.82, 2.24) is 0 Å². The van der Waals surface area contributed by atoms with Gasteiger partial charge in [0.15, 0.2) is 0 Å². The number of carboxylic acids is 1. The molecule has 0 aliphatic carbocycles. The highest BCUT2D eigenvalue weighted by molar-refractivity contribution is 7.12. The van der Waals surface area contributed by atoms with Crippen LogP contribution < -0.4 is 4.90 Å². The third-order valence-corrected chi connectivity index (χ3v) is 4.23. The molecule has 20 heavy (non-hydrogen) atoms. The number of aromatic carboxylic acids is 1. The average molecular weight is 287 g/mol. The summed E-state index contributed by atoms with van der Waals surface area (Å²) >= 11 is 1.01. The van der Waals surface area contributed by atoms with Gasteiger partial charge in [-0.1, -0.05) is 12.1 Å². The second-order valence-electron chi connectivity index (χ2n) is 4.39. The fourth-order valence-corrected chi connectivity index (χ4v) is 3.13. The van der Waals surface area contributed by atoms with E-state index in [0.717, 1.165) is 16.2 Å². The summed E-state index contributed by atoms with van der Waals surface area (Å²) < 4.78 is 0. The minimum atomic E-state index is -1.14. The zero-order valence-corrected chi connectivity index (χ0v) is 11.2. The zero-order valence-electron chi connectivity index (χ0n) is 10.4. The Bertz CT molecular complexity index is 727. The molecule has 5 nitrogen and oxygen atoms in total. The van der Waals surface area contributed by atoms with Gasteiger partial charge in [0.05, 0.1) is 16.8 Å². The Hall–Kier alpha value is -2.47. The summed E-state index contributed by atoms with van der Waals surface area (Å²) in [4.78, 5) is 36.9. The first-order valence-corrected chi connectivity index (χ1v) is 6.69. The van der Waals surface area contributed by atoms with Crippen LogP contribution in [0.15, 0.2) is 29.6 Å². The van der Waals surface area contributed by atoms with Gasteiger partial charge in [0.1, 0.15) is 4.88 Å². The largest absolute Gasteiger partial charge is 0.477 e. The molecule has 0 saturated carbocycles. The molecule has 0 unspecified atom stereocenters. The van der Waals surface area contributed by atoms with Gasteiger partial charge in [0.2, 0.25) is 0 Å². The number of carbonyl (C=O) groups excluding carboxylic acids is 2. The van der Waals surface area contributed by atoms with E-state index < -0.39 is 17.8 Å². The molecule has 0 radical (unpaired) electrons. The van der Waals surface area contributed by atoms with E-state index in [4.69, 9.17) is 0 Å². The van der Waals surface area contributed by atoms with Crippen LogP contribution in [0.2, 0.25) is 0 Å². The van der Waals surface area contributed by atoms with Crippen molar-refractivity contribution in [2.45, 2.75) is 6.92 Å². The molecule has 2 aromatic rings. The van der Waals surface area contributed by atoms with E-state index in [2.05, 4.69) is 0 Å². The van der Waals surface area contributed by atoms with Gasteiger partial charge in [0, 0.05) is 0 Å². The Balaban J connectivity index is 2.19. The normalized spacial score (nSPS) is 13.8. The Morgan fingerprint density at radius 2 is 1.70 bits per heavy atom. The summed E-state index contributed by atoms with van der Waals surface area (Å²) in [7, 11) is 0. The number of hydrogen-bond acceptors (Lipinski definition) is 4. The van der Waals surface area contributed by atoms with Gasteiger partial charge in [-0.25, -0.2) is 9.69 Å². The average Bonchev–Trinajstić information content (AvgIpc) is 2.91. The first-order chi connectivity index (χ1) is 9.52. The predicted molar refractivity (Wildman–Crippen MR) is 73.6 cm³/mol. The molecule has 0 fully saturated rings. The number of thiophene rings is 1. The summed E-state index contributed by atoms with van der Waals surface area (Å²) in [5.74, 6) is -2.10. The Morgan fingerprint density at radius 3 is 2.20 bits per heavy atom. The van der Waals surface area contributed by atoms with Crippen molar-refractivity contribution < 1.29 is 19.5 Å². The third kappa shape index (κ3) is 1.58. The van der Waals surface area contributed by atoms with Crippen molar-refractivity contribution in [1.29, 1.82) is 0 Å². The molecule has 1 N–H and O–H groups in total. The number of nitrogens with zero attached hydrogens (tertiary/aromatic N) is 1. The van der Waals surface area contributed by atoms with Gasteiger partial charge in [-0.15, -0.1) is 11.3 Å². The van der Waals surface area contributed by atoms with Crippen LogP contribution in [0.1, 0.15) is 36.0 Å². The first kappa shape index (κ1) is 12.6. The number of hydrogen-bond donors (Lipinski definition) is 1. The van der Waals surface area contributed by atoms with E-state index >= 15 is 0 Å². The van der Waals surface area contributed by atoms with Crippen molar-refractivity contribution in [2.24, 2.45) is 0 Å². The standard InChI is InChI=1S/C14H9NO4S/c1-7-6-20-11(14(18)19)10(7)15-12(16)8-4-2-3-5-9(8)13(15)17/h2-6H,1H3,(H,18,19). The van der Waals surface area contributed by atoms with Crippen molar-refractivity contribution in [2.75, 3.05) is 4.90 Å². The smallest absolute Gasteiger partial charge is 0.348 e. The molecule has 2 heterocycles. The topological polar surface area (TPSA) is 74.7 Å². The molecule has 0 atom stereocenters. The fraction of sp³-hybridized carbons (Fsp3) is 0.0714. The van der Waals surface area contributed by atoms with Crippen LogP contribution in [0, 0.1) is 6.92 Å². The highest BCUT2D eigenvalue weighted by atomic mass is 32.1. The number of rotatable bonds is 2. The Kier molecular flexibility index (Phi) is 2.69. The lowest BCUT2D eigenvalue weighted by molar-refractivity contribution is 0.0703. The molecule has 1 aliphatic heterocycles. The predicted octanol–water partition coefficient (Wildman–Crippen LogP) is 2.56. The van der Waals surface area contributed by atoms with Crippen LogP contribution in [0.5, 0.6) is 0 Å². The highest BCUT2D eigenvalue weighted by Crippen LogP contribution is 2.36. The molecule has 0 bridgehead atoms. The van der Waals surface area contributed by atoms with Crippen LogP contribution in [-0.4, -0.2) is 22.9 Å². The number of aryl methyl sites for hydroxylation is 1. The van der Waals surface area contributed by atoms with Crippen LogP contribution in [0.4, 0.5) is 5.69 Å². The van der Waals surface area contributed by atoms with Gasteiger partial charge in [-0.3, -0.25) is 9.59 Å². The van der Waals surface area contributed by atoms with Crippen molar-refractivity contribution in [3.05, 3.63) is 51.2 Å². The molecule has 1 aromatic heterocycles. The molecule has 0 saturated heterocycles. The fourth-order valence-electron chi connectivity index (χ4n) is 2.26. The molecule has 1 aliphatic rings. The van der Waals surface area contributed by atoms with E-state index in [0.29, 0.717) is 16.7 Å². The lowest BCUT2D eigenvalue weighted by Crippen LogP contribution is -2.30. The van der Waals surface area contributed by atoms with Gasteiger partial charge in [0.25, 0.3) is 11.8 Å². The summed E-state index contributed by atoms with van der Waals surface area (Å²) in [6.45, 7) is 1.68. The highest BCUT2D eigenvalue weighted by Gasteiger charge is 2.39. The van der Waals surface area contributed by atoms with E-state index in [1.165, 1.54) is 0 Å². The first-order valence-electron chi connectivity index (χ1n) is 5.81. The van der Waals surface area contributed by atoms with Crippen molar-refractivity contribution in [3.8, 4) is 0 Å². The van der Waals surface area contributed by atoms with E-state index in [9.17, 15) is 19.5 Å². The van der Waals surface area contributed by atoms with Crippen LogP contribution >= 0.6 is 11.3 Å². The lowest BCUT2D eigenvalue weighted by Gasteiger charge is -2.14. The number of imide groups is 1. The van der Waals surface area contributed by atoms with Gasteiger partial charge in [-0.2, -0.15) is 0 Å². The minimum Gasteiger partial charge on any atom is -0.477 e. The van der Waals surface area contributed by atoms with Gasteiger partial charge < -0.3 is 5.11 Å². The molecule has 0 spiro atoms. The maximum atomic E-state index is 12.3. The van der Waals surface area contributed by atoms with Crippen molar-refractivity contribution >= 4 is 34.8 Å². The number of anilines is 1. The summed E-state index contributed by atoms with van der Waals surface area (Å²) in [6, 6.07) is 6.48. The van der Waals surface area contributed by atoms with Gasteiger partial charge >= 0.3 is 5.97 Å². The summed E-state index contributed by atoms with van der Waals surface area (Å²) in [5, 5.41) is 10.8. The quantitative estimate of drug-likeness (QED) is 0.861. The summed E-state index contributed by atoms with van der Waals surface area (Å²) in [6.07, 6.45) is 0. The van der Waals surface area contributed by atoms with E-state index in [1.54, 1.807) is 36.6 Å². The molecule has 2 amide bonds. The molecule has 1 aromatic carbocycles. The SMILES string of the molecule is Cc1csc(C(=O)O)c1N1C(=O)c2ccccc2C1=O. The van der Waals surface area contributed by atoms with Gasteiger partial charge in [-0.05, 0) is 30.0 Å². The molecule has 100 valence electrons. The van der Waals surface area contributed by atoms with E-state index in [-0.39, 0.29) is 10.6 Å². The zero-order chi connectivity index (χ0) is 14.4. The van der Waals surface area contributed by atoms with Crippen LogP contribution in [0.3, 0.4) is 0 Å². The number of amides is 2. The second-order valence-corrected chi connectivity index (χ2v) is 5.27. The van der Waals surface area contributed by atoms with Crippen LogP contribution in [-0.2, 0) is 0 Å². The molecule has 3 rings (SSSR count). The monoisotopic (exact) mass is 287 g/mol. The summed E-state index contributed by atoms with van der Waals surface area (Å²) in [5.41, 5.74) is 1.38. The number of benzene rings is 1. The number of carbonyl (C=O) groups is 3. The maximum absolute atomic E-state index is 12.3. The number of fused-ring (bicyclic) bond motifs is 1. The van der Waals surface area contributed by atoms with Crippen LogP contribution in [0.25, 0.3) is 0 Å². The lowest BCUT2D eigenvalue weighted by atomic mass is 10.1. The maximum Gasteiger partial charge on any atom is 0.348 e. The Morgan fingerprint density at radius 1 is 1.15 bits per heavy atom. The van der Waals surface area contributed by atoms with Crippen molar-refractivity contribution in [3.63, 3.8) is 0 Å². The second kappa shape index (κ2) is 4.28. The molecule has 6 heteroatoms.